The molecule has 0 aliphatic rings. The fraction of sp³-hybridized carbons (Fsp3) is 0.143. The highest BCUT2D eigenvalue weighted by molar-refractivity contribution is 7.89. The van der Waals surface area contributed by atoms with E-state index in [0.29, 0.717) is 10.7 Å². The standard InChI is InChI=1S/C14H13N3O3S2/c1-3-8-16-22(19,20)12-6-4-11(5-7-12)13(18)17-14-15-9-10(2)21-14/h1,4-7,9,16H,8H2,2H3,(H,15,17,18). The summed E-state index contributed by atoms with van der Waals surface area (Å²) < 4.78 is 25.9. The Morgan fingerprint density at radius 2 is 2.05 bits per heavy atom. The molecule has 114 valence electrons. The zero-order valence-electron chi connectivity index (χ0n) is 11.7. The lowest BCUT2D eigenvalue weighted by atomic mass is 10.2. The molecule has 0 bridgehead atoms. The molecule has 1 heterocycles. The minimum absolute atomic E-state index is 0.0457. The molecule has 0 atom stereocenters. The Kier molecular flexibility index (Phi) is 4.92. The molecule has 0 aliphatic heterocycles. The lowest BCUT2D eigenvalue weighted by Gasteiger charge is -2.05. The van der Waals surface area contributed by atoms with E-state index in [1.807, 2.05) is 6.92 Å². The largest absolute Gasteiger partial charge is 0.298 e. The lowest BCUT2D eigenvalue weighted by Crippen LogP contribution is -2.24. The van der Waals surface area contributed by atoms with Gasteiger partial charge in [0.2, 0.25) is 10.0 Å². The third kappa shape index (κ3) is 3.92. The number of anilines is 1. The number of aromatic nitrogens is 1. The van der Waals surface area contributed by atoms with Gasteiger partial charge in [-0.15, -0.1) is 17.8 Å². The highest BCUT2D eigenvalue weighted by atomic mass is 32.2. The summed E-state index contributed by atoms with van der Waals surface area (Å²) in [4.78, 5) is 17.1. The fourth-order valence-electron chi connectivity index (χ4n) is 1.59. The van der Waals surface area contributed by atoms with Gasteiger partial charge in [-0.25, -0.2) is 13.4 Å². The molecule has 0 saturated heterocycles. The first kappa shape index (κ1) is 16.2. The average Bonchev–Trinajstić information content (AvgIpc) is 2.90. The van der Waals surface area contributed by atoms with E-state index in [2.05, 4.69) is 20.9 Å². The van der Waals surface area contributed by atoms with Gasteiger partial charge in [-0.05, 0) is 31.2 Å². The fourth-order valence-corrected chi connectivity index (χ4v) is 3.18. The summed E-state index contributed by atoms with van der Waals surface area (Å²) >= 11 is 1.36. The van der Waals surface area contributed by atoms with Crippen molar-refractivity contribution in [2.75, 3.05) is 11.9 Å². The second kappa shape index (κ2) is 6.70. The number of carbonyl (C=O) groups is 1. The molecule has 0 fully saturated rings. The Morgan fingerprint density at radius 1 is 1.36 bits per heavy atom. The van der Waals surface area contributed by atoms with E-state index in [-0.39, 0.29) is 17.3 Å². The number of hydrogen-bond acceptors (Lipinski definition) is 5. The number of nitrogens with zero attached hydrogens (tertiary/aromatic N) is 1. The summed E-state index contributed by atoms with van der Waals surface area (Å²) in [5.41, 5.74) is 0.337. The highest BCUT2D eigenvalue weighted by Gasteiger charge is 2.14. The molecule has 2 aromatic rings. The number of hydrogen-bond donors (Lipinski definition) is 2. The monoisotopic (exact) mass is 335 g/mol. The van der Waals surface area contributed by atoms with E-state index in [0.717, 1.165) is 4.88 Å². The van der Waals surface area contributed by atoms with Gasteiger partial charge in [0.1, 0.15) is 0 Å². The summed E-state index contributed by atoms with van der Waals surface area (Å²) in [7, 11) is -3.65. The van der Waals surface area contributed by atoms with Gasteiger partial charge in [-0.2, -0.15) is 4.72 Å². The van der Waals surface area contributed by atoms with Crippen molar-refractivity contribution in [3.8, 4) is 12.3 Å². The van der Waals surface area contributed by atoms with Crippen molar-refractivity contribution in [3.05, 3.63) is 40.9 Å². The van der Waals surface area contributed by atoms with Crippen molar-refractivity contribution in [2.45, 2.75) is 11.8 Å². The van der Waals surface area contributed by atoms with Crippen LogP contribution in [0.2, 0.25) is 0 Å². The number of amides is 1. The molecule has 0 aliphatic carbocycles. The van der Waals surface area contributed by atoms with Gasteiger partial charge in [0.05, 0.1) is 11.4 Å². The number of aryl methyl sites for hydroxylation is 1. The van der Waals surface area contributed by atoms with Crippen LogP contribution in [0.15, 0.2) is 35.4 Å². The van der Waals surface area contributed by atoms with Crippen molar-refractivity contribution in [3.63, 3.8) is 0 Å². The Bertz CT molecular complexity index is 818. The molecular formula is C14H13N3O3S2. The smallest absolute Gasteiger partial charge is 0.257 e. The molecule has 0 spiro atoms. The zero-order valence-corrected chi connectivity index (χ0v) is 13.3. The van der Waals surface area contributed by atoms with Crippen molar-refractivity contribution < 1.29 is 13.2 Å². The SMILES string of the molecule is C#CCNS(=O)(=O)c1ccc(C(=O)Nc2ncc(C)s2)cc1. The maximum Gasteiger partial charge on any atom is 0.257 e. The summed E-state index contributed by atoms with van der Waals surface area (Å²) in [5.74, 6) is 1.84. The first-order valence-corrected chi connectivity index (χ1v) is 8.49. The molecule has 2 rings (SSSR count). The Morgan fingerprint density at radius 3 is 2.59 bits per heavy atom. The number of rotatable bonds is 5. The van der Waals surface area contributed by atoms with Crippen LogP contribution in [-0.2, 0) is 10.0 Å². The minimum atomic E-state index is -3.65. The van der Waals surface area contributed by atoms with E-state index in [1.54, 1.807) is 6.20 Å². The van der Waals surface area contributed by atoms with Gasteiger partial charge in [0, 0.05) is 16.6 Å². The van der Waals surface area contributed by atoms with Crippen molar-refractivity contribution in [1.29, 1.82) is 0 Å². The maximum atomic E-state index is 12.0. The summed E-state index contributed by atoms with van der Waals surface area (Å²) in [6.45, 7) is 1.80. The Balaban J connectivity index is 2.11. The van der Waals surface area contributed by atoms with Crippen LogP contribution in [0.3, 0.4) is 0 Å². The molecule has 6 nitrogen and oxygen atoms in total. The van der Waals surface area contributed by atoms with Gasteiger partial charge in [-0.3, -0.25) is 10.1 Å². The predicted octanol–water partition coefficient (Wildman–Crippen LogP) is 1.62. The van der Waals surface area contributed by atoms with Gasteiger partial charge >= 0.3 is 0 Å². The van der Waals surface area contributed by atoms with Crippen LogP contribution in [0, 0.1) is 19.3 Å². The number of terminal acetylenes is 1. The van der Waals surface area contributed by atoms with Crippen LogP contribution in [0.4, 0.5) is 5.13 Å². The van der Waals surface area contributed by atoms with Crippen molar-refractivity contribution in [1.82, 2.24) is 9.71 Å². The average molecular weight is 335 g/mol. The summed E-state index contributed by atoms with van der Waals surface area (Å²) in [5, 5.41) is 3.14. The van der Waals surface area contributed by atoms with E-state index >= 15 is 0 Å². The first-order chi connectivity index (χ1) is 10.4. The van der Waals surface area contributed by atoms with E-state index in [4.69, 9.17) is 6.42 Å². The van der Waals surface area contributed by atoms with Gasteiger partial charge in [-0.1, -0.05) is 5.92 Å². The van der Waals surface area contributed by atoms with Gasteiger partial charge < -0.3 is 0 Å². The second-order valence-electron chi connectivity index (χ2n) is 4.28. The number of thiazole rings is 1. The molecule has 1 amide bonds. The molecule has 0 radical (unpaired) electrons. The molecule has 1 aromatic heterocycles. The Labute approximate surface area is 132 Å². The summed E-state index contributed by atoms with van der Waals surface area (Å²) in [6, 6.07) is 5.56. The quantitative estimate of drug-likeness (QED) is 0.813. The van der Waals surface area contributed by atoms with Crippen LogP contribution in [0.5, 0.6) is 0 Å². The van der Waals surface area contributed by atoms with E-state index < -0.39 is 10.0 Å². The number of carbonyl (C=O) groups excluding carboxylic acids is 1. The minimum Gasteiger partial charge on any atom is -0.298 e. The lowest BCUT2D eigenvalue weighted by molar-refractivity contribution is 0.102. The summed E-state index contributed by atoms with van der Waals surface area (Å²) in [6.07, 6.45) is 6.68. The number of benzene rings is 1. The molecular weight excluding hydrogens is 322 g/mol. The molecule has 8 heteroatoms. The number of sulfonamides is 1. The molecule has 22 heavy (non-hydrogen) atoms. The number of nitrogens with one attached hydrogen (secondary N) is 2. The highest BCUT2D eigenvalue weighted by Crippen LogP contribution is 2.18. The Hall–Kier alpha value is -2.21. The maximum absolute atomic E-state index is 12.0. The van der Waals surface area contributed by atoms with Crippen LogP contribution in [-0.4, -0.2) is 25.9 Å². The van der Waals surface area contributed by atoms with Crippen LogP contribution < -0.4 is 10.0 Å². The van der Waals surface area contributed by atoms with Crippen LogP contribution >= 0.6 is 11.3 Å². The zero-order chi connectivity index (χ0) is 16.2. The van der Waals surface area contributed by atoms with Crippen molar-refractivity contribution >= 4 is 32.4 Å². The van der Waals surface area contributed by atoms with Gasteiger partial charge in [0.15, 0.2) is 5.13 Å². The topological polar surface area (TPSA) is 88.2 Å². The third-order valence-corrected chi connectivity index (χ3v) is 4.88. The van der Waals surface area contributed by atoms with E-state index in [9.17, 15) is 13.2 Å². The predicted molar refractivity (Wildman–Crippen MR) is 85.3 cm³/mol. The molecule has 0 saturated carbocycles. The van der Waals surface area contributed by atoms with Crippen LogP contribution in [0.25, 0.3) is 0 Å². The third-order valence-electron chi connectivity index (χ3n) is 2.63. The van der Waals surface area contributed by atoms with Crippen molar-refractivity contribution in [2.24, 2.45) is 0 Å². The molecule has 1 aromatic carbocycles. The van der Waals surface area contributed by atoms with Gasteiger partial charge in [0.25, 0.3) is 5.91 Å². The molecule has 2 N–H and O–H groups in total. The van der Waals surface area contributed by atoms with E-state index in [1.165, 1.54) is 35.6 Å². The normalized spacial score (nSPS) is 10.9. The second-order valence-corrected chi connectivity index (χ2v) is 7.28. The van der Waals surface area contributed by atoms with Crippen LogP contribution in [0.1, 0.15) is 15.2 Å². The molecule has 0 unspecified atom stereocenters. The first-order valence-electron chi connectivity index (χ1n) is 6.19.